The number of rotatable bonds is 10. The highest BCUT2D eigenvalue weighted by Gasteiger charge is 2.15. The van der Waals surface area contributed by atoms with E-state index in [1.165, 1.54) is 5.56 Å². The van der Waals surface area contributed by atoms with Crippen LogP contribution in [0.5, 0.6) is 0 Å². The number of hydrogen-bond acceptors (Lipinski definition) is 6. The lowest BCUT2D eigenvalue weighted by Crippen LogP contribution is -2.38. The minimum absolute atomic E-state index is 0.401. The quantitative estimate of drug-likeness (QED) is 0.293. The van der Waals surface area contributed by atoms with Gasteiger partial charge in [-0.3, -0.25) is 4.99 Å². The van der Waals surface area contributed by atoms with Crippen molar-refractivity contribution >= 4 is 12.1 Å². The Kier molecular flexibility index (Phi) is 9.97. The maximum Gasteiger partial charge on any atom is 0.407 e. The van der Waals surface area contributed by atoms with E-state index >= 15 is 0 Å². The van der Waals surface area contributed by atoms with E-state index in [1.807, 2.05) is 46.8 Å². The average Bonchev–Trinajstić information content (AvgIpc) is 3.22. The molecule has 0 saturated heterocycles. The van der Waals surface area contributed by atoms with E-state index in [9.17, 15) is 4.79 Å². The van der Waals surface area contributed by atoms with E-state index in [0.29, 0.717) is 24.8 Å². The number of nitrogens with one attached hydrogen (secondary N) is 3. The van der Waals surface area contributed by atoms with Crippen LogP contribution in [0.2, 0.25) is 0 Å². The van der Waals surface area contributed by atoms with Crippen molar-refractivity contribution in [2.75, 3.05) is 26.2 Å². The van der Waals surface area contributed by atoms with Crippen molar-refractivity contribution in [3.63, 3.8) is 0 Å². The van der Waals surface area contributed by atoms with Crippen LogP contribution >= 0.6 is 0 Å². The number of carbonyl (C=O) groups is 1. The molecule has 2 rings (SSSR count). The van der Waals surface area contributed by atoms with Crippen LogP contribution in [0, 0.1) is 0 Å². The van der Waals surface area contributed by atoms with Crippen LogP contribution in [-0.4, -0.2) is 54.0 Å². The molecule has 0 unspecified atom stereocenters. The molecule has 0 aliphatic carbocycles. The summed E-state index contributed by atoms with van der Waals surface area (Å²) >= 11 is 0. The van der Waals surface area contributed by atoms with E-state index in [4.69, 9.17) is 9.26 Å². The smallest absolute Gasteiger partial charge is 0.407 e. The molecule has 1 heterocycles. The summed E-state index contributed by atoms with van der Waals surface area (Å²) in [6.07, 6.45) is 1.94. The lowest BCUT2D eigenvalue weighted by atomic mass is 10.1. The molecule has 0 bridgehead atoms. The van der Waals surface area contributed by atoms with Gasteiger partial charge in [-0.25, -0.2) is 4.79 Å². The Balaban J connectivity index is 1.73. The van der Waals surface area contributed by atoms with Crippen LogP contribution in [0.4, 0.5) is 4.79 Å². The lowest BCUT2D eigenvalue weighted by molar-refractivity contribution is 0.0527. The summed E-state index contributed by atoms with van der Waals surface area (Å²) in [7, 11) is 0. The van der Waals surface area contributed by atoms with Crippen molar-refractivity contribution in [3.8, 4) is 11.5 Å². The van der Waals surface area contributed by atoms with E-state index in [2.05, 4.69) is 43.2 Å². The molecule has 0 fully saturated rings. The molecular weight excluding hydrogens is 408 g/mol. The molecule has 0 aliphatic heterocycles. The van der Waals surface area contributed by atoms with Gasteiger partial charge in [0.25, 0.3) is 5.89 Å². The van der Waals surface area contributed by atoms with Gasteiger partial charge < -0.3 is 25.2 Å². The van der Waals surface area contributed by atoms with Crippen molar-refractivity contribution < 1.29 is 14.1 Å². The third-order valence-electron chi connectivity index (χ3n) is 4.31. The summed E-state index contributed by atoms with van der Waals surface area (Å²) in [6, 6.07) is 8.14. The first kappa shape index (κ1) is 25.2. The number of hydrogen-bond donors (Lipinski definition) is 3. The molecule has 1 amide bonds. The molecule has 9 heteroatoms. The Morgan fingerprint density at radius 3 is 2.47 bits per heavy atom. The molecule has 0 saturated carbocycles. The minimum Gasteiger partial charge on any atom is -0.444 e. The number of aliphatic imine (C=N–C) groups is 1. The molecule has 2 aromatic rings. The number of aryl methyl sites for hydroxylation is 1. The third kappa shape index (κ3) is 9.36. The second kappa shape index (κ2) is 12.7. The van der Waals surface area contributed by atoms with Crippen LogP contribution in [0.15, 0.2) is 33.8 Å². The van der Waals surface area contributed by atoms with Gasteiger partial charge in [-0.05, 0) is 58.2 Å². The van der Waals surface area contributed by atoms with Crippen LogP contribution in [0.3, 0.4) is 0 Å². The number of guanidine groups is 1. The fraction of sp³-hybridized carbons (Fsp3) is 0.565. The Hall–Kier alpha value is -3.10. The largest absolute Gasteiger partial charge is 0.444 e. The number of carbonyl (C=O) groups excluding carboxylic acids is 1. The van der Waals surface area contributed by atoms with Crippen molar-refractivity contribution in [1.82, 2.24) is 26.1 Å². The van der Waals surface area contributed by atoms with Crippen molar-refractivity contribution in [3.05, 3.63) is 35.7 Å². The molecule has 3 N–H and O–H groups in total. The second-order valence-electron chi connectivity index (χ2n) is 8.29. The number of benzene rings is 1. The van der Waals surface area contributed by atoms with Gasteiger partial charge in [-0.15, -0.1) is 0 Å². The maximum atomic E-state index is 11.6. The van der Waals surface area contributed by atoms with Gasteiger partial charge in [0.2, 0.25) is 0 Å². The highest BCUT2D eigenvalue weighted by atomic mass is 16.6. The van der Waals surface area contributed by atoms with Gasteiger partial charge in [-0.1, -0.05) is 24.2 Å². The number of alkyl carbamates (subject to hydrolysis) is 1. The van der Waals surface area contributed by atoms with E-state index in [0.717, 1.165) is 43.9 Å². The van der Waals surface area contributed by atoms with Crippen LogP contribution in [-0.2, 0) is 17.6 Å². The second-order valence-corrected chi connectivity index (χ2v) is 8.29. The first-order valence-corrected chi connectivity index (χ1v) is 11.2. The SMILES string of the molecule is CCNC(=NCCCNC(=O)OC(C)(C)C)NCCc1ccc(-c2nc(CC)no2)cc1. The average molecular weight is 445 g/mol. The molecule has 176 valence electrons. The normalized spacial score (nSPS) is 11.8. The zero-order chi connectivity index (χ0) is 23.4. The zero-order valence-electron chi connectivity index (χ0n) is 19.8. The molecule has 0 atom stereocenters. The summed E-state index contributed by atoms with van der Waals surface area (Å²) < 4.78 is 10.5. The van der Waals surface area contributed by atoms with Gasteiger partial charge >= 0.3 is 6.09 Å². The first-order valence-electron chi connectivity index (χ1n) is 11.2. The highest BCUT2D eigenvalue weighted by Crippen LogP contribution is 2.18. The summed E-state index contributed by atoms with van der Waals surface area (Å²) in [6.45, 7) is 12.2. The predicted molar refractivity (Wildman–Crippen MR) is 126 cm³/mol. The summed E-state index contributed by atoms with van der Waals surface area (Å²) in [4.78, 5) is 20.6. The Bertz CT molecular complexity index is 855. The van der Waals surface area contributed by atoms with Crippen molar-refractivity contribution in [2.24, 2.45) is 4.99 Å². The van der Waals surface area contributed by atoms with Gasteiger partial charge in [0.05, 0.1) is 0 Å². The third-order valence-corrected chi connectivity index (χ3v) is 4.31. The Labute approximate surface area is 190 Å². The number of amides is 1. The molecular formula is C23H36N6O3. The van der Waals surface area contributed by atoms with Crippen LogP contribution in [0.25, 0.3) is 11.5 Å². The number of aromatic nitrogens is 2. The molecule has 0 aliphatic rings. The zero-order valence-corrected chi connectivity index (χ0v) is 19.8. The molecule has 0 spiro atoms. The van der Waals surface area contributed by atoms with Crippen LogP contribution < -0.4 is 16.0 Å². The van der Waals surface area contributed by atoms with E-state index in [-0.39, 0.29) is 0 Å². The van der Waals surface area contributed by atoms with Gasteiger partial charge in [0.15, 0.2) is 11.8 Å². The Morgan fingerprint density at radius 1 is 1.09 bits per heavy atom. The standard InChI is InChI=1S/C23H36N6O3/c1-6-19-28-20(32-29-19)18-11-9-17(10-12-18)13-16-26-21(24-7-2)25-14-8-15-27-22(30)31-23(3,4)5/h9-12H,6-8,13-16H2,1-5H3,(H,27,30)(H2,24,25,26). The predicted octanol–water partition coefficient (Wildman–Crippen LogP) is 3.31. The first-order chi connectivity index (χ1) is 15.3. The molecule has 9 nitrogen and oxygen atoms in total. The topological polar surface area (TPSA) is 114 Å². The Morgan fingerprint density at radius 2 is 1.84 bits per heavy atom. The summed E-state index contributed by atoms with van der Waals surface area (Å²) in [5.74, 6) is 2.03. The summed E-state index contributed by atoms with van der Waals surface area (Å²) in [5.41, 5.74) is 1.63. The van der Waals surface area contributed by atoms with Crippen LogP contribution in [0.1, 0.15) is 52.4 Å². The molecule has 1 aromatic carbocycles. The van der Waals surface area contributed by atoms with Gasteiger partial charge in [-0.2, -0.15) is 4.98 Å². The highest BCUT2D eigenvalue weighted by molar-refractivity contribution is 5.79. The lowest BCUT2D eigenvalue weighted by Gasteiger charge is -2.19. The fourth-order valence-electron chi connectivity index (χ4n) is 2.77. The van der Waals surface area contributed by atoms with Gasteiger partial charge in [0, 0.05) is 38.2 Å². The monoisotopic (exact) mass is 444 g/mol. The molecule has 1 aromatic heterocycles. The summed E-state index contributed by atoms with van der Waals surface area (Å²) in [5, 5.41) is 13.3. The van der Waals surface area contributed by atoms with Crippen molar-refractivity contribution in [2.45, 2.75) is 59.5 Å². The van der Waals surface area contributed by atoms with E-state index in [1.54, 1.807) is 0 Å². The number of ether oxygens (including phenoxy) is 1. The minimum atomic E-state index is -0.490. The van der Waals surface area contributed by atoms with Gasteiger partial charge in [0.1, 0.15) is 5.60 Å². The van der Waals surface area contributed by atoms with E-state index < -0.39 is 11.7 Å². The molecule has 32 heavy (non-hydrogen) atoms. The number of nitrogens with zero attached hydrogens (tertiary/aromatic N) is 3. The molecule has 0 radical (unpaired) electrons. The van der Waals surface area contributed by atoms with Crippen molar-refractivity contribution in [1.29, 1.82) is 0 Å². The fourth-order valence-corrected chi connectivity index (χ4v) is 2.77. The maximum absolute atomic E-state index is 11.6.